The Labute approximate surface area is 270 Å². The van der Waals surface area contributed by atoms with E-state index in [4.69, 9.17) is 19.2 Å². The first-order chi connectivity index (χ1) is 19.7. The second-order valence-corrected chi connectivity index (χ2v) is 12.4. The van der Waals surface area contributed by atoms with Gasteiger partial charge in [0.1, 0.15) is 29.9 Å². The molecule has 1 aliphatic heterocycles. The van der Waals surface area contributed by atoms with Crippen LogP contribution in [0.5, 0.6) is 17.2 Å². The van der Waals surface area contributed by atoms with Gasteiger partial charge in [-0.25, -0.2) is 4.99 Å². The first-order valence-electron chi connectivity index (χ1n) is 12.9. The van der Waals surface area contributed by atoms with Crippen LogP contribution in [-0.2, 0) is 4.79 Å². The Hall–Kier alpha value is -2.65. The van der Waals surface area contributed by atoms with Gasteiger partial charge in [0, 0.05) is 18.7 Å². The number of carbonyl (C=O) groups excluding carboxylic acids is 1. The van der Waals surface area contributed by atoms with Crippen molar-refractivity contribution in [3.8, 4) is 17.2 Å². The van der Waals surface area contributed by atoms with Gasteiger partial charge in [0.25, 0.3) is 11.5 Å². The van der Waals surface area contributed by atoms with E-state index in [1.165, 1.54) is 11.3 Å². The predicted molar refractivity (Wildman–Crippen MR) is 179 cm³/mol. The van der Waals surface area contributed by atoms with Gasteiger partial charge in [-0.05, 0) is 108 Å². The van der Waals surface area contributed by atoms with Crippen LogP contribution in [0.2, 0.25) is 0 Å². The second kappa shape index (κ2) is 13.6. The van der Waals surface area contributed by atoms with Gasteiger partial charge in [0.2, 0.25) is 0 Å². The highest BCUT2D eigenvalue weighted by Gasteiger charge is 2.36. The molecule has 2 heterocycles. The zero-order chi connectivity index (χ0) is 29.8. The van der Waals surface area contributed by atoms with Crippen LogP contribution in [0.25, 0.3) is 6.08 Å². The average molecular weight is 799 g/mol. The fourth-order valence-electron chi connectivity index (χ4n) is 4.72. The Morgan fingerprint density at radius 2 is 1.83 bits per heavy atom. The Bertz CT molecular complexity index is 1680. The van der Waals surface area contributed by atoms with E-state index in [0.29, 0.717) is 57.4 Å². The van der Waals surface area contributed by atoms with Gasteiger partial charge >= 0.3 is 0 Å². The molecule has 0 bridgehead atoms. The molecule has 3 aromatic rings. The Balaban J connectivity index is 1.97. The standard InChI is InChI=1S/C30H31I2N3O5S/c1-7-12-40-27-21(31)13-18(14-22(27)32)15-24-28(36)35-26(20-16-19(38-5)10-11-23(20)39-6)25(17(4)33-30(35)41-24)29(37)34(8-2)9-3/h7,10-11,13-16,26H,1,8-9,12H2,2-6H3/b24-15+/t26-/m0/s1. The van der Waals surface area contributed by atoms with E-state index in [1.807, 2.05) is 45.0 Å². The van der Waals surface area contributed by atoms with Gasteiger partial charge in [0.05, 0.1) is 37.2 Å². The number of halogens is 2. The largest absolute Gasteiger partial charge is 0.497 e. The molecule has 4 rings (SSSR count). The Morgan fingerprint density at radius 1 is 1.15 bits per heavy atom. The summed E-state index contributed by atoms with van der Waals surface area (Å²) in [7, 11) is 3.15. The van der Waals surface area contributed by atoms with Crippen LogP contribution in [0.3, 0.4) is 0 Å². The molecule has 11 heteroatoms. The van der Waals surface area contributed by atoms with Gasteiger partial charge in [-0.3, -0.25) is 14.2 Å². The van der Waals surface area contributed by atoms with Crippen molar-refractivity contribution < 1.29 is 19.0 Å². The number of nitrogens with zero attached hydrogens (tertiary/aromatic N) is 3. The lowest BCUT2D eigenvalue weighted by Crippen LogP contribution is -2.43. The lowest BCUT2D eigenvalue weighted by Gasteiger charge is -2.30. The van der Waals surface area contributed by atoms with E-state index < -0.39 is 6.04 Å². The fraction of sp³-hybridized carbons (Fsp3) is 0.300. The summed E-state index contributed by atoms with van der Waals surface area (Å²) < 4.78 is 21.0. The maximum Gasteiger partial charge on any atom is 0.271 e. The number of benzene rings is 2. The van der Waals surface area contributed by atoms with Gasteiger partial charge in [-0.15, -0.1) is 0 Å². The number of allylic oxidation sites excluding steroid dienone is 1. The van der Waals surface area contributed by atoms with Crippen molar-refractivity contribution in [3.05, 3.63) is 92.2 Å². The van der Waals surface area contributed by atoms with Gasteiger partial charge in [0.15, 0.2) is 4.80 Å². The molecular weight excluding hydrogens is 768 g/mol. The van der Waals surface area contributed by atoms with Crippen molar-refractivity contribution in [1.29, 1.82) is 0 Å². The van der Waals surface area contributed by atoms with Crippen molar-refractivity contribution in [1.82, 2.24) is 9.47 Å². The molecule has 41 heavy (non-hydrogen) atoms. The molecule has 0 N–H and O–H groups in total. The summed E-state index contributed by atoms with van der Waals surface area (Å²) in [6, 6.07) is 8.60. The van der Waals surface area contributed by atoms with E-state index in [1.54, 1.807) is 41.9 Å². The lowest BCUT2D eigenvalue weighted by molar-refractivity contribution is -0.127. The maximum absolute atomic E-state index is 14.1. The molecule has 0 saturated carbocycles. The zero-order valence-electron chi connectivity index (χ0n) is 23.5. The quantitative estimate of drug-likeness (QED) is 0.216. The molecule has 0 unspecified atom stereocenters. The summed E-state index contributed by atoms with van der Waals surface area (Å²) in [4.78, 5) is 35.1. The fourth-order valence-corrected chi connectivity index (χ4v) is 7.89. The average Bonchev–Trinajstić information content (AvgIpc) is 3.25. The number of rotatable bonds is 10. The van der Waals surface area contributed by atoms with Crippen LogP contribution < -0.4 is 29.1 Å². The molecule has 0 saturated heterocycles. The number of likely N-dealkylation sites (N-methyl/N-ethyl adjacent to an activating group) is 1. The molecule has 0 radical (unpaired) electrons. The van der Waals surface area contributed by atoms with Gasteiger partial charge in [-0.1, -0.05) is 24.0 Å². The highest BCUT2D eigenvalue weighted by molar-refractivity contribution is 14.1. The molecule has 0 aliphatic carbocycles. The minimum absolute atomic E-state index is 0.167. The van der Waals surface area contributed by atoms with Gasteiger partial charge in [-0.2, -0.15) is 0 Å². The third kappa shape index (κ3) is 6.26. The van der Waals surface area contributed by atoms with Gasteiger partial charge < -0.3 is 19.1 Å². The highest BCUT2D eigenvalue weighted by atomic mass is 127. The molecule has 1 atom stereocenters. The minimum Gasteiger partial charge on any atom is -0.497 e. The molecule has 1 aliphatic rings. The van der Waals surface area contributed by atoms with Crippen molar-refractivity contribution >= 4 is 68.5 Å². The minimum atomic E-state index is -0.749. The summed E-state index contributed by atoms with van der Waals surface area (Å²) in [5, 5.41) is 0. The summed E-state index contributed by atoms with van der Waals surface area (Å²) in [6.07, 6.45) is 3.56. The molecule has 1 amide bonds. The molecule has 0 fully saturated rings. The number of thiazole rings is 1. The number of hydrogen-bond donors (Lipinski definition) is 0. The summed E-state index contributed by atoms with van der Waals surface area (Å²) in [5.74, 6) is 1.75. The maximum atomic E-state index is 14.1. The summed E-state index contributed by atoms with van der Waals surface area (Å²) in [5.41, 5.74) is 2.28. The first kappa shape index (κ1) is 31.3. The highest BCUT2D eigenvalue weighted by Crippen LogP contribution is 2.38. The van der Waals surface area contributed by atoms with E-state index in [2.05, 4.69) is 51.8 Å². The van der Waals surface area contributed by atoms with Crippen LogP contribution in [0.1, 0.15) is 37.9 Å². The molecule has 216 valence electrons. The van der Waals surface area contributed by atoms with Crippen molar-refractivity contribution in [2.75, 3.05) is 33.9 Å². The number of ether oxygens (including phenoxy) is 3. The Kier molecular flexibility index (Phi) is 10.3. The van der Waals surface area contributed by atoms with Crippen LogP contribution in [-0.4, -0.2) is 49.3 Å². The van der Waals surface area contributed by atoms with Crippen LogP contribution >= 0.6 is 56.5 Å². The number of methoxy groups -OCH3 is 2. The number of hydrogen-bond acceptors (Lipinski definition) is 7. The zero-order valence-corrected chi connectivity index (χ0v) is 28.6. The number of fused-ring (bicyclic) bond motifs is 1. The van der Waals surface area contributed by atoms with Crippen molar-refractivity contribution in [2.45, 2.75) is 26.8 Å². The summed E-state index contributed by atoms with van der Waals surface area (Å²) >= 11 is 5.76. The van der Waals surface area contributed by atoms with Crippen LogP contribution in [0.4, 0.5) is 0 Å². The van der Waals surface area contributed by atoms with E-state index in [-0.39, 0.29) is 11.5 Å². The second-order valence-electron chi connectivity index (χ2n) is 9.08. The normalized spacial score (nSPS) is 14.8. The van der Waals surface area contributed by atoms with E-state index >= 15 is 0 Å². The third-order valence-corrected chi connectivity index (χ3v) is 9.28. The molecular formula is C30H31I2N3O5S. The topological polar surface area (TPSA) is 82.4 Å². The van der Waals surface area contributed by atoms with Crippen molar-refractivity contribution in [3.63, 3.8) is 0 Å². The van der Waals surface area contributed by atoms with Crippen LogP contribution in [0.15, 0.2) is 64.0 Å². The smallest absolute Gasteiger partial charge is 0.271 e. The number of carbonyl (C=O) groups is 1. The lowest BCUT2D eigenvalue weighted by atomic mass is 9.93. The number of amides is 1. The van der Waals surface area contributed by atoms with E-state index in [9.17, 15) is 9.59 Å². The molecule has 8 nitrogen and oxygen atoms in total. The van der Waals surface area contributed by atoms with E-state index in [0.717, 1.165) is 18.5 Å². The van der Waals surface area contributed by atoms with Crippen LogP contribution in [0, 0.1) is 7.14 Å². The first-order valence-corrected chi connectivity index (χ1v) is 15.9. The monoisotopic (exact) mass is 799 g/mol. The third-order valence-electron chi connectivity index (χ3n) is 6.70. The predicted octanol–water partition coefficient (Wildman–Crippen LogP) is 4.89. The van der Waals surface area contributed by atoms with Crippen molar-refractivity contribution in [2.24, 2.45) is 4.99 Å². The SMILES string of the molecule is C=CCOc1c(I)cc(/C=c2/sc3n(c2=O)[C@@H](c2cc(OC)ccc2OC)C(C(=O)N(CC)CC)=C(C)N=3)cc1I. The molecule has 2 aromatic carbocycles. The summed E-state index contributed by atoms with van der Waals surface area (Å²) in [6.45, 7) is 10.9. The number of aromatic nitrogens is 1. The Morgan fingerprint density at radius 3 is 2.41 bits per heavy atom. The molecule has 0 spiro atoms. The molecule has 1 aromatic heterocycles.